The second kappa shape index (κ2) is 4.95. The summed E-state index contributed by atoms with van der Waals surface area (Å²) in [6, 6.07) is 8.03. The first-order chi connectivity index (χ1) is 7.79. The third-order valence-electron chi connectivity index (χ3n) is 2.72. The lowest BCUT2D eigenvalue weighted by atomic mass is 10.00. The number of hydrogen-bond donors (Lipinski definition) is 1. The molecule has 1 saturated heterocycles. The molecule has 1 aromatic rings. The predicted molar refractivity (Wildman–Crippen MR) is 58.3 cm³/mol. The van der Waals surface area contributed by atoms with Crippen molar-refractivity contribution in [1.29, 1.82) is 5.26 Å². The van der Waals surface area contributed by atoms with Gasteiger partial charge in [0.1, 0.15) is 11.9 Å². The number of nitrogens with zero attached hydrogens (tertiary/aromatic N) is 1. The van der Waals surface area contributed by atoms with Crippen molar-refractivity contribution in [2.45, 2.75) is 12.5 Å². The standard InChI is InChI=1S/C12H13FN2O/c13-10-2-1-3-11(6-10)15-12(7-14)9-4-5-16-8-9/h1-3,6,9,12,15H,4-5,8H2. The quantitative estimate of drug-likeness (QED) is 0.849. The molecule has 16 heavy (non-hydrogen) atoms. The van der Waals surface area contributed by atoms with Crippen LogP contribution in [0.3, 0.4) is 0 Å². The fourth-order valence-corrected chi connectivity index (χ4v) is 1.83. The van der Waals surface area contributed by atoms with E-state index in [-0.39, 0.29) is 17.8 Å². The third-order valence-corrected chi connectivity index (χ3v) is 2.72. The molecule has 3 nitrogen and oxygen atoms in total. The fourth-order valence-electron chi connectivity index (χ4n) is 1.83. The van der Waals surface area contributed by atoms with Crippen LogP contribution in [-0.2, 0) is 4.74 Å². The first-order valence-corrected chi connectivity index (χ1v) is 5.29. The predicted octanol–water partition coefficient (Wildman–Crippen LogP) is 2.17. The lowest BCUT2D eigenvalue weighted by Crippen LogP contribution is -2.27. The van der Waals surface area contributed by atoms with Crippen LogP contribution in [-0.4, -0.2) is 19.3 Å². The largest absolute Gasteiger partial charge is 0.381 e. The highest BCUT2D eigenvalue weighted by atomic mass is 19.1. The second-order valence-electron chi connectivity index (χ2n) is 3.89. The summed E-state index contributed by atoms with van der Waals surface area (Å²) >= 11 is 0. The molecule has 1 aliphatic rings. The molecule has 1 aliphatic heterocycles. The molecule has 1 aromatic carbocycles. The van der Waals surface area contributed by atoms with Crippen molar-refractivity contribution in [3.05, 3.63) is 30.1 Å². The monoisotopic (exact) mass is 220 g/mol. The molecule has 1 heterocycles. The van der Waals surface area contributed by atoms with Crippen LogP contribution in [0.5, 0.6) is 0 Å². The van der Waals surface area contributed by atoms with Gasteiger partial charge < -0.3 is 10.1 Å². The topological polar surface area (TPSA) is 45.0 Å². The van der Waals surface area contributed by atoms with Crippen LogP contribution >= 0.6 is 0 Å². The minimum atomic E-state index is -0.315. The average Bonchev–Trinajstić information content (AvgIpc) is 2.79. The molecular weight excluding hydrogens is 207 g/mol. The minimum Gasteiger partial charge on any atom is -0.381 e. The average molecular weight is 220 g/mol. The highest BCUT2D eigenvalue weighted by molar-refractivity contribution is 5.45. The van der Waals surface area contributed by atoms with Gasteiger partial charge in [0.2, 0.25) is 0 Å². The number of rotatable bonds is 3. The van der Waals surface area contributed by atoms with Gasteiger partial charge in [-0.15, -0.1) is 0 Å². The van der Waals surface area contributed by atoms with Gasteiger partial charge in [-0.1, -0.05) is 6.07 Å². The zero-order valence-electron chi connectivity index (χ0n) is 8.82. The van der Waals surface area contributed by atoms with E-state index in [1.807, 2.05) is 0 Å². The SMILES string of the molecule is N#CC(Nc1cccc(F)c1)C1CCOC1. The zero-order chi connectivity index (χ0) is 11.4. The third kappa shape index (κ3) is 2.50. The molecule has 2 unspecified atom stereocenters. The van der Waals surface area contributed by atoms with Crippen molar-refractivity contribution >= 4 is 5.69 Å². The van der Waals surface area contributed by atoms with E-state index in [0.29, 0.717) is 18.9 Å². The summed E-state index contributed by atoms with van der Waals surface area (Å²) < 4.78 is 18.2. The molecule has 0 bridgehead atoms. The van der Waals surface area contributed by atoms with Crippen molar-refractivity contribution in [1.82, 2.24) is 0 Å². The highest BCUT2D eigenvalue weighted by Crippen LogP contribution is 2.20. The van der Waals surface area contributed by atoms with Crippen LogP contribution < -0.4 is 5.32 Å². The Balaban J connectivity index is 2.04. The maximum atomic E-state index is 13.0. The van der Waals surface area contributed by atoms with Gasteiger partial charge in [-0.3, -0.25) is 0 Å². The maximum absolute atomic E-state index is 13.0. The van der Waals surface area contributed by atoms with Crippen LogP contribution in [0, 0.1) is 23.1 Å². The van der Waals surface area contributed by atoms with Crippen molar-refractivity contribution in [3.8, 4) is 6.07 Å². The Morgan fingerprint density at radius 1 is 1.56 bits per heavy atom. The number of nitriles is 1. The van der Waals surface area contributed by atoms with Gasteiger partial charge in [-0.05, 0) is 24.6 Å². The number of anilines is 1. The van der Waals surface area contributed by atoms with E-state index in [4.69, 9.17) is 10.00 Å². The van der Waals surface area contributed by atoms with E-state index >= 15 is 0 Å². The van der Waals surface area contributed by atoms with Crippen molar-refractivity contribution in [3.63, 3.8) is 0 Å². The first kappa shape index (κ1) is 10.9. The van der Waals surface area contributed by atoms with E-state index in [1.54, 1.807) is 12.1 Å². The van der Waals surface area contributed by atoms with Crippen LogP contribution in [0.25, 0.3) is 0 Å². The fraction of sp³-hybridized carbons (Fsp3) is 0.417. The molecule has 0 amide bonds. The summed E-state index contributed by atoms with van der Waals surface area (Å²) in [5, 5.41) is 12.1. The Morgan fingerprint density at radius 2 is 2.44 bits per heavy atom. The number of halogens is 1. The molecule has 84 valence electrons. The summed E-state index contributed by atoms with van der Waals surface area (Å²) in [5.41, 5.74) is 0.637. The van der Waals surface area contributed by atoms with E-state index < -0.39 is 0 Å². The number of ether oxygens (including phenoxy) is 1. The molecule has 1 fully saturated rings. The van der Waals surface area contributed by atoms with Gasteiger partial charge in [0.05, 0.1) is 12.7 Å². The van der Waals surface area contributed by atoms with E-state index in [2.05, 4.69) is 11.4 Å². The van der Waals surface area contributed by atoms with E-state index in [1.165, 1.54) is 12.1 Å². The van der Waals surface area contributed by atoms with Gasteiger partial charge in [-0.2, -0.15) is 5.26 Å². The van der Waals surface area contributed by atoms with Crippen LogP contribution in [0.1, 0.15) is 6.42 Å². The van der Waals surface area contributed by atoms with Gasteiger partial charge >= 0.3 is 0 Å². The van der Waals surface area contributed by atoms with E-state index in [9.17, 15) is 4.39 Å². The molecule has 2 atom stereocenters. The summed E-state index contributed by atoms with van der Waals surface area (Å²) in [5.74, 6) is -0.113. The normalized spacial score (nSPS) is 21.4. The van der Waals surface area contributed by atoms with Crippen LogP contribution in [0.15, 0.2) is 24.3 Å². The second-order valence-corrected chi connectivity index (χ2v) is 3.89. The van der Waals surface area contributed by atoms with Crippen molar-refractivity contribution in [2.24, 2.45) is 5.92 Å². The van der Waals surface area contributed by atoms with Gasteiger partial charge in [-0.25, -0.2) is 4.39 Å². The molecule has 1 N–H and O–H groups in total. The van der Waals surface area contributed by atoms with Crippen molar-refractivity contribution in [2.75, 3.05) is 18.5 Å². The van der Waals surface area contributed by atoms with Gasteiger partial charge in [0.25, 0.3) is 0 Å². The Bertz CT molecular complexity index is 396. The lowest BCUT2D eigenvalue weighted by Gasteiger charge is -2.17. The molecule has 0 radical (unpaired) electrons. The molecule has 0 saturated carbocycles. The summed E-state index contributed by atoms with van der Waals surface area (Å²) in [6.07, 6.45) is 0.876. The summed E-state index contributed by atoms with van der Waals surface area (Å²) in [4.78, 5) is 0. The maximum Gasteiger partial charge on any atom is 0.125 e. The molecule has 0 spiro atoms. The lowest BCUT2D eigenvalue weighted by molar-refractivity contribution is 0.185. The Hall–Kier alpha value is -1.60. The molecular formula is C12H13FN2O. The molecule has 0 aliphatic carbocycles. The summed E-state index contributed by atoms with van der Waals surface area (Å²) in [7, 11) is 0. The van der Waals surface area contributed by atoms with Crippen LogP contribution in [0.2, 0.25) is 0 Å². The van der Waals surface area contributed by atoms with Crippen molar-refractivity contribution < 1.29 is 9.13 Å². The number of benzene rings is 1. The number of hydrogen-bond acceptors (Lipinski definition) is 3. The number of nitrogens with one attached hydrogen (secondary N) is 1. The molecule has 2 rings (SSSR count). The molecule has 0 aromatic heterocycles. The van der Waals surface area contributed by atoms with Gasteiger partial charge in [0, 0.05) is 18.2 Å². The Morgan fingerprint density at radius 3 is 3.06 bits per heavy atom. The zero-order valence-corrected chi connectivity index (χ0v) is 8.82. The van der Waals surface area contributed by atoms with Gasteiger partial charge in [0.15, 0.2) is 0 Å². The van der Waals surface area contributed by atoms with Crippen LogP contribution in [0.4, 0.5) is 10.1 Å². The Labute approximate surface area is 93.8 Å². The Kier molecular flexibility index (Phi) is 3.37. The highest BCUT2D eigenvalue weighted by Gasteiger charge is 2.25. The summed E-state index contributed by atoms with van der Waals surface area (Å²) in [6.45, 7) is 1.30. The minimum absolute atomic E-state index is 0.188. The molecule has 4 heteroatoms. The van der Waals surface area contributed by atoms with E-state index in [0.717, 1.165) is 6.42 Å². The smallest absolute Gasteiger partial charge is 0.125 e. The first-order valence-electron chi connectivity index (χ1n) is 5.29.